The summed E-state index contributed by atoms with van der Waals surface area (Å²) >= 11 is 0. The number of rotatable bonds is 3. The van der Waals surface area contributed by atoms with Crippen LogP contribution < -0.4 is 10.1 Å². The Kier molecular flexibility index (Phi) is 3.91. The number of pyridine rings is 1. The molecule has 6 heteroatoms. The second kappa shape index (κ2) is 5.80. The minimum Gasteiger partial charge on any atom is -0.495 e. The maximum atomic E-state index is 12.8. The first-order valence-corrected chi connectivity index (χ1v) is 5.65. The molecule has 100 valence electrons. The molecule has 0 unspecified atom stereocenters. The van der Waals surface area contributed by atoms with Gasteiger partial charge in [-0.05, 0) is 24.3 Å². The summed E-state index contributed by atoms with van der Waals surface area (Å²) in [7, 11) is 1.43. The van der Waals surface area contributed by atoms with Gasteiger partial charge in [0, 0.05) is 0 Å². The first kappa shape index (κ1) is 13.5. The molecule has 5 nitrogen and oxygen atoms in total. The Morgan fingerprint density at radius 1 is 1.40 bits per heavy atom. The van der Waals surface area contributed by atoms with E-state index in [9.17, 15) is 9.18 Å². The van der Waals surface area contributed by atoms with Crippen LogP contribution in [0.2, 0.25) is 0 Å². The number of para-hydroxylation sites is 1. The summed E-state index contributed by atoms with van der Waals surface area (Å²) in [4.78, 5) is 15.7. The number of ether oxygens (including phenoxy) is 1. The number of halogens is 1. The molecule has 2 rings (SSSR count). The minimum atomic E-state index is -0.550. The van der Waals surface area contributed by atoms with Gasteiger partial charge in [-0.1, -0.05) is 6.07 Å². The number of hydrogen-bond acceptors (Lipinski definition) is 4. The summed E-state index contributed by atoms with van der Waals surface area (Å²) < 4.78 is 17.9. The largest absolute Gasteiger partial charge is 0.495 e. The molecule has 1 heterocycles. The Morgan fingerprint density at radius 2 is 2.20 bits per heavy atom. The average Bonchev–Trinajstić information content (AvgIpc) is 2.48. The molecule has 0 aliphatic heterocycles. The van der Waals surface area contributed by atoms with Crippen molar-refractivity contribution in [3.63, 3.8) is 0 Å². The number of carbonyl (C=O) groups is 1. The lowest BCUT2D eigenvalue weighted by Gasteiger charge is -2.11. The number of nitrogens with zero attached hydrogens (tertiary/aromatic N) is 2. The first-order valence-electron chi connectivity index (χ1n) is 5.65. The maximum Gasteiger partial charge on any atom is 0.274 e. The molecular weight excluding hydrogens is 261 g/mol. The highest BCUT2D eigenvalue weighted by molar-refractivity contribution is 6.04. The van der Waals surface area contributed by atoms with Crippen LogP contribution in [-0.4, -0.2) is 18.0 Å². The summed E-state index contributed by atoms with van der Waals surface area (Å²) in [5, 5.41) is 11.6. The number of nitrogens with one attached hydrogen (secondary N) is 1. The van der Waals surface area contributed by atoms with Gasteiger partial charge in [-0.2, -0.15) is 5.26 Å². The zero-order valence-electron chi connectivity index (χ0n) is 10.6. The van der Waals surface area contributed by atoms with Crippen molar-refractivity contribution >= 4 is 11.6 Å². The fourth-order valence-corrected chi connectivity index (χ4v) is 1.61. The van der Waals surface area contributed by atoms with Crippen molar-refractivity contribution in [3.05, 3.63) is 53.6 Å². The van der Waals surface area contributed by atoms with Gasteiger partial charge in [-0.3, -0.25) is 4.79 Å². The maximum absolute atomic E-state index is 12.8. The molecule has 1 aromatic heterocycles. The molecule has 20 heavy (non-hydrogen) atoms. The van der Waals surface area contributed by atoms with Crippen LogP contribution in [0.4, 0.5) is 10.1 Å². The summed E-state index contributed by atoms with van der Waals surface area (Å²) in [5.41, 5.74) is 0.564. The van der Waals surface area contributed by atoms with Gasteiger partial charge in [0.05, 0.1) is 18.9 Å². The number of carbonyl (C=O) groups excluding carboxylic acids is 1. The fourth-order valence-electron chi connectivity index (χ4n) is 1.61. The van der Waals surface area contributed by atoms with Gasteiger partial charge < -0.3 is 10.1 Å². The Morgan fingerprint density at radius 3 is 2.80 bits per heavy atom. The smallest absolute Gasteiger partial charge is 0.274 e. The number of benzene rings is 1. The molecule has 1 amide bonds. The van der Waals surface area contributed by atoms with E-state index < -0.39 is 11.7 Å². The normalized spacial score (nSPS) is 9.65. The van der Waals surface area contributed by atoms with Crippen LogP contribution in [0.25, 0.3) is 0 Å². The summed E-state index contributed by atoms with van der Waals surface area (Å²) in [6.45, 7) is 0. The van der Waals surface area contributed by atoms with Gasteiger partial charge in [0.1, 0.15) is 29.0 Å². The number of anilines is 1. The Bertz CT molecular complexity index is 678. The van der Waals surface area contributed by atoms with E-state index >= 15 is 0 Å². The van der Waals surface area contributed by atoms with Crippen molar-refractivity contribution in [2.45, 2.75) is 0 Å². The highest BCUT2D eigenvalue weighted by Crippen LogP contribution is 2.28. The quantitative estimate of drug-likeness (QED) is 0.929. The van der Waals surface area contributed by atoms with Crippen molar-refractivity contribution in [1.82, 2.24) is 4.98 Å². The standard InChI is InChI=1S/C14H10FN3O2/c1-20-12-4-2-3-9(7-16)13(12)18-14(19)11-6-5-10(15)8-17-11/h2-6,8H,1H3,(H,18,19). The zero-order valence-corrected chi connectivity index (χ0v) is 10.6. The highest BCUT2D eigenvalue weighted by Gasteiger charge is 2.14. The van der Waals surface area contributed by atoms with Crippen LogP contribution in [0.15, 0.2) is 36.5 Å². The van der Waals surface area contributed by atoms with Crippen LogP contribution in [0.3, 0.4) is 0 Å². The molecule has 0 bridgehead atoms. The van der Waals surface area contributed by atoms with E-state index in [1.165, 1.54) is 13.2 Å². The third-order valence-corrected chi connectivity index (χ3v) is 2.57. The van der Waals surface area contributed by atoms with E-state index in [2.05, 4.69) is 10.3 Å². The first-order chi connectivity index (χ1) is 9.65. The lowest BCUT2D eigenvalue weighted by Crippen LogP contribution is -2.15. The van der Waals surface area contributed by atoms with Gasteiger partial charge in [-0.25, -0.2) is 9.37 Å². The minimum absolute atomic E-state index is 0.0428. The molecule has 1 aromatic carbocycles. The van der Waals surface area contributed by atoms with Gasteiger partial charge >= 0.3 is 0 Å². The van der Waals surface area contributed by atoms with Crippen molar-refractivity contribution in [2.24, 2.45) is 0 Å². The molecule has 2 aromatic rings. The highest BCUT2D eigenvalue weighted by atomic mass is 19.1. The van der Waals surface area contributed by atoms with Crippen molar-refractivity contribution in [1.29, 1.82) is 5.26 Å². The van der Waals surface area contributed by atoms with E-state index in [0.717, 1.165) is 12.3 Å². The van der Waals surface area contributed by atoms with Gasteiger partial charge in [-0.15, -0.1) is 0 Å². The van der Waals surface area contributed by atoms with Crippen LogP contribution in [0.1, 0.15) is 16.1 Å². The molecule has 0 saturated heterocycles. The Balaban J connectivity index is 2.32. The van der Waals surface area contributed by atoms with Gasteiger partial charge in [0.2, 0.25) is 0 Å². The van der Waals surface area contributed by atoms with E-state index in [1.807, 2.05) is 6.07 Å². The fraction of sp³-hybridized carbons (Fsp3) is 0.0714. The molecule has 0 saturated carbocycles. The molecule has 0 aliphatic carbocycles. The summed E-state index contributed by atoms with van der Waals surface area (Å²) in [6.07, 6.45) is 0.947. The second-order valence-corrected chi connectivity index (χ2v) is 3.81. The van der Waals surface area contributed by atoms with Crippen molar-refractivity contribution in [2.75, 3.05) is 12.4 Å². The predicted molar refractivity (Wildman–Crippen MR) is 69.9 cm³/mol. The molecule has 0 aliphatic rings. The number of nitriles is 1. The molecular formula is C14H10FN3O2. The van der Waals surface area contributed by atoms with Crippen molar-refractivity contribution < 1.29 is 13.9 Å². The van der Waals surface area contributed by atoms with Crippen LogP contribution >= 0.6 is 0 Å². The Hall–Kier alpha value is -2.94. The number of methoxy groups -OCH3 is 1. The third kappa shape index (κ3) is 2.72. The van der Waals surface area contributed by atoms with Gasteiger partial charge in [0.15, 0.2) is 0 Å². The van der Waals surface area contributed by atoms with Crippen LogP contribution in [0.5, 0.6) is 5.75 Å². The van der Waals surface area contributed by atoms with Crippen molar-refractivity contribution in [3.8, 4) is 11.8 Å². The van der Waals surface area contributed by atoms with E-state index in [4.69, 9.17) is 10.00 Å². The number of amides is 1. The molecule has 0 spiro atoms. The summed E-state index contributed by atoms with van der Waals surface area (Å²) in [5.74, 6) is -0.720. The summed E-state index contributed by atoms with van der Waals surface area (Å²) in [6, 6.07) is 9.16. The molecule has 0 radical (unpaired) electrons. The van der Waals surface area contributed by atoms with E-state index in [0.29, 0.717) is 5.75 Å². The van der Waals surface area contributed by atoms with E-state index in [1.54, 1.807) is 18.2 Å². The van der Waals surface area contributed by atoms with Crippen LogP contribution in [-0.2, 0) is 0 Å². The molecule has 0 atom stereocenters. The molecule has 1 N–H and O–H groups in total. The monoisotopic (exact) mass is 271 g/mol. The lowest BCUT2D eigenvalue weighted by atomic mass is 10.1. The van der Waals surface area contributed by atoms with E-state index in [-0.39, 0.29) is 16.9 Å². The second-order valence-electron chi connectivity index (χ2n) is 3.81. The zero-order chi connectivity index (χ0) is 14.5. The SMILES string of the molecule is COc1cccc(C#N)c1NC(=O)c1ccc(F)cn1. The topological polar surface area (TPSA) is 75.0 Å². The lowest BCUT2D eigenvalue weighted by molar-refractivity contribution is 0.102. The Labute approximate surface area is 114 Å². The average molecular weight is 271 g/mol. The van der Waals surface area contributed by atoms with Gasteiger partial charge in [0.25, 0.3) is 5.91 Å². The third-order valence-electron chi connectivity index (χ3n) is 2.57. The molecule has 0 fully saturated rings. The predicted octanol–water partition coefficient (Wildman–Crippen LogP) is 2.35. The number of hydrogen-bond donors (Lipinski definition) is 1. The number of aromatic nitrogens is 1. The van der Waals surface area contributed by atoms with Crippen LogP contribution in [0, 0.1) is 17.1 Å².